The summed E-state index contributed by atoms with van der Waals surface area (Å²) >= 11 is 0. The Kier molecular flexibility index (Phi) is 4.90. The molecule has 0 aliphatic carbocycles. The number of methoxy groups -OCH3 is 1. The minimum atomic E-state index is -0.234. The number of hydrogen-bond acceptors (Lipinski definition) is 6. The molecule has 0 spiro atoms. The Bertz CT molecular complexity index is 705. The van der Waals surface area contributed by atoms with Gasteiger partial charge in [0.1, 0.15) is 11.9 Å². The maximum absolute atomic E-state index is 12.7. The largest absolute Gasteiger partial charge is 0.481 e. The molecule has 1 amide bonds. The molecule has 2 aromatic heterocycles. The van der Waals surface area contributed by atoms with Gasteiger partial charge in [-0.2, -0.15) is 0 Å². The highest BCUT2D eigenvalue weighted by molar-refractivity contribution is 5.94. The van der Waals surface area contributed by atoms with Crippen molar-refractivity contribution in [3.8, 4) is 5.88 Å². The van der Waals surface area contributed by atoms with E-state index in [-0.39, 0.29) is 12.0 Å². The van der Waals surface area contributed by atoms with E-state index >= 15 is 0 Å². The molecule has 1 aliphatic heterocycles. The topological polar surface area (TPSA) is 76.6 Å². The van der Waals surface area contributed by atoms with Crippen LogP contribution in [0.25, 0.3) is 0 Å². The van der Waals surface area contributed by atoms with Crippen LogP contribution in [0.4, 0.5) is 5.82 Å². The molecule has 1 N–H and O–H groups in total. The van der Waals surface area contributed by atoms with Gasteiger partial charge in [-0.1, -0.05) is 6.07 Å². The van der Waals surface area contributed by atoms with E-state index in [9.17, 15) is 4.79 Å². The van der Waals surface area contributed by atoms with Crippen molar-refractivity contribution in [2.75, 3.05) is 39.2 Å². The fourth-order valence-electron chi connectivity index (χ4n) is 2.59. The molecule has 1 atom stereocenters. The normalized spacial score (nSPS) is 17.4. The van der Waals surface area contributed by atoms with Crippen molar-refractivity contribution in [3.63, 3.8) is 0 Å². The Labute approximate surface area is 140 Å². The van der Waals surface area contributed by atoms with Gasteiger partial charge in [-0.3, -0.25) is 4.79 Å². The van der Waals surface area contributed by atoms with Crippen molar-refractivity contribution < 1.29 is 14.3 Å². The van der Waals surface area contributed by atoms with Gasteiger partial charge in [0, 0.05) is 25.9 Å². The average molecular weight is 328 g/mol. The molecule has 3 rings (SSSR count). The molecule has 0 bridgehead atoms. The summed E-state index contributed by atoms with van der Waals surface area (Å²) in [6.07, 6.45) is 1.30. The molecule has 0 radical (unpaired) electrons. The summed E-state index contributed by atoms with van der Waals surface area (Å²) in [5.41, 5.74) is 1.35. The molecule has 1 aliphatic rings. The number of anilines is 1. The summed E-state index contributed by atoms with van der Waals surface area (Å²) in [7, 11) is 3.36. The van der Waals surface area contributed by atoms with E-state index in [2.05, 4.69) is 15.3 Å². The van der Waals surface area contributed by atoms with Gasteiger partial charge in [0.25, 0.3) is 5.91 Å². The number of carbonyl (C=O) groups is 1. The van der Waals surface area contributed by atoms with Crippen LogP contribution in [0.3, 0.4) is 0 Å². The molecule has 1 saturated heterocycles. The van der Waals surface area contributed by atoms with Crippen LogP contribution in [0.1, 0.15) is 22.2 Å². The molecular formula is C17H20N4O3. The summed E-state index contributed by atoms with van der Waals surface area (Å²) in [5, 5.41) is 3.01. The maximum atomic E-state index is 12.7. The van der Waals surface area contributed by atoms with Crippen LogP contribution in [0.5, 0.6) is 5.88 Å². The first-order valence-corrected chi connectivity index (χ1v) is 7.77. The predicted octanol–water partition coefficient (Wildman–Crippen LogP) is 1.74. The highest BCUT2D eigenvalue weighted by Gasteiger charge is 2.27. The van der Waals surface area contributed by atoms with Crippen LogP contribution >= 0.6 is 0 Å². The average Bonchev–Trinajstić information content (AvgIpc) is 2.67. The monoisotopic (exact) mass is 328 g/mol. The van der Waals surface area contributed by atoms with E-state index in [0.29, 0.717) is 31.1 Å². The third-order valence-corrected chi connectivity index (χ3v) is 3.90. The van der Waals surface area contributed by atoms with Gasteiger partial charge >= 0.3 is 0 Å². The first kappa shape index (κ1) is 16.2. The molecular weight excluding hydrogens is 308 g/mol. The summed E-state index contributed by atoms with van der Waals surface area (Å²) in [4.78, 5) is 23.0. The van der Waals surface area contributed by atoms with Gasteiger partial charge in [0.15, 0.2) is 0 Å². The van der Waals surface area contributed by atoms with E-state index in [0.717, 1.165) is 11.5 Å². The molecule has 1 fully saturated rings. The van der Waals surface area contributed by atoms with E-state index in [4.69, 9.17) is 9.47 Å². The predicted molar refractivity (Wildman–Crippen MR) is 89.2 cm³/mol. The third-order valence-electron chi connectivity index (χ3n) is 3.90. The smallest absolute Gasteiger partial charge is 0.255 e. The van der Waals surface area contributed by atoms with E-state index < -0.39 is 0 Å². The Balaban J connectivity index is 1.73. The van der Waals surface area contributed by atoms with Crippen LogP contribution in [-0.4, -0.2) is 54.6 Å². The van der Waals surface area contributed by atoms with Gasteiger partial charge in [0.05, 0.1) is 31.5 Å². The second-order valence-electron chi connectivity index (χ2n) is 5.40. The van der Waals surface area contributed by atoms with Crippen molar-refractivity contribution in [2.45, 2.75) is 6.10 Å². The minimum Gasteiger partial charge on any atom is -0.481 e. The highest BCUT2D eigenvalue weighted by Crippen LogP contribution is 2.23. The standard InChI is InChI=1S/C17H20N4O3/c1-18-15-5-3-4-13(20-15)14-11-21(8-9-24-14)17(22)12-6-7-16(23-2)19-10-12/h3-7,10,14H,8-9,11H2,1-2H3,(H,18,20)/t14-/m0/s1. The number of aromatic nitrogens is 2. The molecule has 7 nitrogen and oxygen atoms in total. The zero-order valence-electron chi connectivity index (χ0n) is 13.7. The summed E-state index contributed by atoms with van der Waals surface area (Å²) in [6.45, 7) is 1.49. The van der Waals surface area contributed by atoms with Gasteiger partial charge < -0.3 is 19.7 Å². The Morgan fingerprint density at radius 2 is 2.25 bits per heavy atom. The first-order chi connectivity index (χ1) is 11.7. The molecule has 3 heterocycles. The summed E-state index contributed by atoms with van der Waals surface area (Å²) in [5.74, 6) is 1.20. The molecule has 24 heavy (non-hydrogen) atoms. The van der Waals surface area contributed by atoms with Crippen LogP contribution in [0, 0.1) is 0 Å². The number of morpholine rings is 1. The van der Waals surface area contributed by atoms with Gasteiger partial charge in [0.2, 0.25) is 5.88 Å². The lowest BCUT2D eigenvalue weighted by Crippen LogP contribution is -2.42. The lowest BCUT2D eigenvalue weighted by Gasteiger charge is -2.32. The maximum Gasteiger partial charge on any atom is 0.255 e. The van der Waals surface area contributed by atoms with Crippen molar-refractivity contribution in [3.05, 3.63) is 47.8 Å². The fourth-order valence-corrected chi connectivity index (χ4v) is 2.59. The minimum absolute atomic E-state index is 0.0665. The number of hydrogen-bond donors (Lipinski definition) is 1. The second kappa shape index (κ2) is 7.27. The number of pyridine rings is 2. The van der Waals surface area contributed by atoms with Crippen molar-refractivity contribution in [1.29, 1.82) is 0 Å². The van der Waals surface area contributed by atoms with Crippen molar-refractivity contribution in [1.82, 2.24) is 14.9 Å². The lowest BCUT2D eigenvalue weighted by molar-refractivity contribution is -0.0246. The third kappa shape index (κ3) is 3.46. The number of ether oxygens (including phenoxy) is 2. The van der Waals surface area contributed by atoms with Crippen LogP contribution < -0.4 is 10.1 Å². The fraction of sp³-hybridized carbons (Fsp3) is 0.353. The highest BCUT2D eigenvalue weighted by atomic mass is 16.5. The van der Waals surface area contributed by atoms with Crippen LogP contribution in [-0.2, 0) is 4.74 Å². The molecule has 0 unspecified atom stereocenters. The van der Waals surface area contributed by atoms with E-state index in [1.807, 2.05) is 25.2 Å². The van der Waals surface area contributed by atoms with Crippen LogP contribution in [0.2, 0.25) is 0 Å². The molecule has 126 valence electrons. The van der Waals surface area contributed by atoms with Crippen LogP contribution in [0.15, 0.2) is 36.5 Å². The van der Waals surface area contributed by atoms with Crippen molar-refractivity contribution >= 4 is 11.7 Å². The second-order valence-corrected chi connectivity index (χ2v) is 5.40. The van der Waals surface area contributed by atoms with E-state index in [1.165, 1.54) is 6.20 Å². The number of rotatable bonds is 4. The molecule has 7 heteroatoms. The number of nitrogens with zero attached hydrogens (tertiary/aromatic N) is 3. The first-order valence-electron chi connectivity index (χ1n) is 7.77. The summed E-state index contributed by atoms with van der Waals surface area (Å²) < 4.78 is 10.8. The SMILES string of the molecule is CNc1cccc([C@@H]2CN(C(=O)c3ccc(OC)nc3)CCO2)n1. The zero-order valence-corrected chi connectivity index (χ0v) is 13.7. The van der Waals surface area contributed by atoms with Gasteiger partial charge in [-0.05, 0) is 18.2 Å². The lowest BCUT2D eigenvalue weighted by atomic mass is 10.1. The number of carbonyl (C=O) groups excluding carboxylic acids is 1. The van der Waals surface area contributed by atoms with E-state index in [1.54, 1.807) is 24.1 Å². The molecule has 2 aromatic rings. The number of nitrogens with one attached hydrogen (secondary N) is 1. The number of amides is 1. The Morgan fingerprint density at radius 1 is 1.38 bits per heavy atom. The summed E-state index contributed by atoms with van der Waals surface area (Å²) in [6, 6.07) is 9.12. The molecule has 0 aromatic carbocycles. The molecule has 0 saturated carbocycles. The quantitative estimate of drug-likeness (QED) is 0.921. The van der Waals surface area contributed by atoms with Crippen molar-refractivity contribution in [2.24, 2.45) is 0 Å². The van der Waals surface area contributed by atoms with Gasteiger partial charge in [-0.25, -0.2) is 9.97 Å². The zero-order chi connectivity index (χ0) is 16.9. The van der Waals surface area contributed by atoms with Gasteiger partial charge in [-0.15, -0.1) is 0 Å². The Morgan fingerprint density at radius 3 is 2.96 bits per heavy atom. The Hall–Kier alpha value is -2.67.